The van der Waals surface area contributed by atoms with Crippen LogP contribution in [-0.2, 0) is 4.74 Å². The van der Waals surface area contributed by atoms with E-state index >= 15 is 0 Å². The van der Waals surface area contributed by atoms with Gasteiger partial charge in [-0.05, 0) is 43.2 Å². The van der Waals surface area contributed by atoms with Gasteiger partial charge in [0.25, 0.3) is 0 Å². The molecular formula is C22H20N4O. The van der Waals surface area contributed by atoms with Gasteiger partial charge in [-0.3, -0.25) is 0 Å². The van der Waals surface area contributed by atoms with E-state index in [-0.39, 0.29) is 17.5 Å². The van der Waals surface area contributed by atoms with E-state index in [2.05, 4.69) is 29.3 Å². The Morgan fingerprint density at radius 1 is 1.22 bits per heavy atom. The molecule has 3 rings (SSSR count). The van der Waals surface area contributed by atoms with Crippen molar-refractivity contribution in [1.29, 1.82) is 15.8 Å². The summed E-state index contributed by atoms with van der Waals surface area (Å²) in [6.07, 6.45) is 6.00. The standard InChI is InChI=1S/C22H20N4O/c1-2-27-15-26-21-19(12-23)17-10-6-7-11-18(17)20(22(21,13-24)14-25)16-8-4-3-5-9-16/h3-5,8-10,15,18,20H,2,6-7,11H2,1H3/t18-,20+/m1/s1. The zero-order valence-corrected chi connectivity index (χ0v) is 15.2. The largest absolute Gasteiger partial charge is 0.483 e. The average Bonchev–Trinajstić information content (AvgIpc) is 2.73. The normalized spacial score (nSPS) is 23.6. The van der Waals surface area contributed by atoms with E-state index in [1.165, 1.54) is 6.40 Å². The summed E-state index contributed by atoms with van der Waals surface area (Å²) in [5, 5.41) is 30.2. The average molecular weight is 356 g/mol. The van der Waals surface area contributed by atoms with Crippen LogP contribution in [0.1, 0.15) is 37.7 Å². The topological polar surface area (TPSA) is 93.0 Å². The number of hydrogen-bond donors (Lipinski definition) is 0. The third-order valence-corrected chi connectivity index (χ3v) is 5.30. The molecule has 0 fully saturated rings. The molecule has 5 nitrogen and oxygen atoms in total. The first-order valence-electron chi connectivity index (χ1n) is 9.10. The summed E-state index contributed by atoms with van der Waals surface area (Å²) in [7, 11) is 0. The molecule has 0 aromatic heterocycles. The second-order valence-corrected chi connectivity index (χ2v) is 6.64. The number of benzene rings is 1. The molecule has 1 aromatic carbocycles. The number of allylic oxidation sites excluding steroid dienone is 4. The second kappa shape index (κ2) is 7.90. The van der Waals surface area contributed by atoms with E-state index in [9.17, 15) is 15.8 Å². The van der Waals surface area contributed by atoms with E-state index in [4.69, 9.17) is 4.74 Å². The van der Waals surface area contributed by atoms with Crippen molar-refractivity contribution < 1.29 is 4.74 Å². The lowest BCUT2D eigenvalue weighted by Crippen LogP contribution is -2.39. The number of ether oxygens (including phenoxy) is 1. The maximum Gasteiger partial charge on any atom is 0.194 e. The summed E-state index contributed by atoms with van der Waals surface area (Å²) in [5.41, 5.74) is 0.814. The van der Waals surface area contributed by atoms with Gasteiger partial charge in [0.2, 0.25) is 0 Å². The first-order chi connectivity index (χ1) is 13.2. The maximum atomic E-state index is 10.2. The van der Waals surface area contributed by atoms with E-state index in [1.54, 1.807) is 0 Å². The maximum absolute atomic E-state index is 10.2. The van der Waals surface area contributed by atoms with Crippen LogP contribution in [0.5, 0.6) is 0 Å². The fraction of sp³-hybridized carbons (Fsp3) is 0.364. The third kappa shape index (κ3) is 3.01. The van der Waals surface area contributed by atoms with Gasteiger partial charge in [0.1, 0.15) is 6.07 Å². The summed E-state index contributed by atoms with van der Waals surface area (Å²) in [6, 6.07) is 16.3. The smallest absolute Gasteiger partial charge is 0.194 e. The highest BCUT2D eigenvalue weighted by molar-refractivity contribution is 5.63. The molecule has 2 aliphatic rings. The van der Waals surface area contributed by atoms with Gasteiger partial charge in [0.05, 0.1) is 30.0 Å². The van der Waals surface area contributed by atoms with Crippen molar-refractivity contribution in [3.05, 3.63) is 58.8 Å². The lowest BCUT2D eigenvalue weighted by molar-refractivity contribution is 0.313. The van der Waals surface area contributed by atoms with Crippen molar-refractivity contribution in [2.24, 2.45) is 16.3 Å². The highest BCUT2D eigenvalue weighted by Crippen LogP contribution is 2.57. The Balaban J connectivity index is 2.32. The van der Waals surface area contributed by atoms with Crippen LogP contribution in [0.3, 0.4) is 0 Å². The molecule has 0 bridgehead atoms. The molecule has 0 spiro atoms. The van der Waals surface area contributed by atoms with Crippen molar-refractivity contribution in [2.75, 3.05) is 6.61 Å². The number of nitriles is 3. The quantitative estimate of drug-likeness (QED) is 0.591. The number of rotatable bonds is 4. The lowest BCUT2D eigenvalue weighted by atomic mass is 9.56. The Labute approximate surface area is 159 Å². The monoisotopic (exact) mass is 356 g/mol. The van der Waals surface area contributed by atoms with Crippen LogP contribution >= 0.6 is 0 Å². The Morgan fingerprint density at radius 2 is 1.96 bits per heavy atom. The molecule has 2 atom stereocenters. The van der Waals surface area contributed by atoms with Crippen LogP contribution in [0.2, 0.25) is 0 Å². The molecule has 0 N–H and O–H groups in total. The van der Waals surface area contributed by atoms with Crippen LogP contribution in [-0.4, -0.2) is 13.0 Å². The van der Waals surface area contributed by atoms with Gasteiger partial charge in [-0.25, -0.2) is 4.99 Å². The van der Waals surface area contributed by atoms with Crippen LogP contribution < -0.4 is 0 Å². The minimum Gasteiger partial charge on any atom is -0.483 e. The van der Waals surface area contributed by atoms with Gasteiger partial charge in [-0.15, -0.1) is 0 Å². The van der Waals surface area contributed by atoms with Crippen molar-refractivity contribution in [3.8, 4) is 18.2 Å². The summed E-state index contributed by atoms with van der Waals surface area (Å²) < 4.78 is 5.21. The van der Waals surface area contributed by atoms with Gasteiger partial charge in [0.15, 0.2) is 11.8 Å². The molecule has 0 unspecified atom stereocenters. The van der Waals surface area contributed by atoms with E-state index in [1.807, 2.05) is 37.3 Å². The number of fused-ring (bicyclic) bond motifs is 1. The molecule has 0 heterocycles. The zero-order valence-electron chi connectivity index (χ0n) is 15.2. The van der Waals surface area contributed by atoms with Gasteiger partial charge >= 0.3 is 0 Å². The van der Waals surface area contributed by atoms with Crippen molar-refractivity contribution in [1.82, 2.24) is 0 Å². The number of nitrogens with zero attached hydrogens (tertiary/aromatic N) is 4. The molecule has 0 saturated carbocycles. The second-order valence-electron chi connectivity index (χ2n) is 6.64. The predicted molar refractivity (Wildman–Crippen MR) is 101 cm³/mol. The van der Waals surface area contributed by atoms with E-state index < -0.39 is 5.41 Å². The van der Waals surface area contributed by atoms with E-state index in [0.29, 0.717) is 12.2 Å². The van der Waals surface area contributed by atoms with Crippen LogP contribution in [0.25, 0.3) is 0 Å². The molecule has 5 heteroatoms. The summed E-state index contributed by atoms with van der Waals surface area (Å²) in [6.45, 7) is 2.24. The first-order valence-corrected chi connectivity index (χ1v) is 9.10. The molecule has 0 radical (unpaired) electrons. The Morgan fingerprint density at radius 3 is 2.59 bits per heavy atom. The van der Waals surface area contributed by atoms with Gasteiger partial charge in [-0.2, -0.15) is 15.8 Å². The minimum absolute atomic E-state index is 0.0545. The summed E-state index contributed by atoms with van der Waals surface area (Å²) in [5.74, 6) is -0.438. The number of aliphatic imine (C=N–C) groups is 1. The van der Waals surface area contributed by atoms with Crippen LogP contribution in [0, 0.1) is 45.3 Å². The minimum atomic E-state index is -1.54. The summed E-state index contributed by atoms with van der Waals surface area (Å²) >= 11 is 0. The molecule has 0 saturated heterocycles. The lowest BCUT2D eigenvalue weighted by Gasteiger charge is -2.43. The molecule has 1 aromatic rings. The highest BCUT2D eigenvalue weighted by Gasteiger charge is 2.54. The first kappa shape index (κ1) is 18.4. The van der Waals surface area contributed by atoms with Gasteiger partial charge < -0.3 is 4.74 Å². The Kier molecular flexibility index (Phi) is 5.39. The molecule has 134 valence electrons. The zero-order chi connectivity index (χ0) is 19.3. The van der Waals surface area contributed by atoms with Crippen molar-refractivity contribution in [3.63, 3.8) is 0 Å². The Hall–Kier alpha value is -3.36. The fourth-order valence-corrected chi connectivity index (χ4v) is 4.18. The summed E-state index contributed by atoms with van der Waals surface area (Å²) in [4.78, 5) is 4.31. The van der Waals surface area contributed by atoms with Crippen LogP contribution in [0.15, 0.2) is 58.2 Å². The van der Waals surface area contributed by atoms with Gasteiger partial charge in [0, 0.05) is 5.92 Å². The molecule has 27 heavy (non-hydrogen) atoms. The SMILES string of the molecule is CCOC=NC1=C(C#N)C2=CCCC[C@H]2[C@H](c2ccccc2)C1(C#N)C#N. The van der Waals surface area contributed by atoms with Gasteiger partial charge in [-0.1, -0.05) is 36.4 Å². The predicted octanol–water partition coefficient (Wildman–Crippen LogP) is 4.39. The van der Waals surface area contributed by atoms with Crippen molar-refractivity contribution >= 4 is 6.40 Å². The fourth-order valence-electron chi connectivity index (χ4n) is 4.18. The van der Waals surface area contributed by atoms with Crippen LogP contribution in [0.4, 0.5) is 0 Å². The highest BCUT2D eigenvalue weighted by atomic mass is 16.5. The number of hydrogen-bond acceptors (Lipinski definition) is 5. The molecular weight excluding hydrogens is 336 g/mol. The molecule has 0 amide bonds. The molecule has 0 aliphatic heterocycles. The van der Waals surface area contributed by atoms with Crippen molar-refractivity contribution in [2.45, 2.75) is 32.1 Å². The molecule has 2 aliphatic carbocycles. The third-order valence-electron chi connectivity index (χ3n) is 5.30. The Bertz CT molecular complexity index is 908. The van der Waals surface area contributed by atoms with E-state index in [0.717, 1.165) is 30.4 Å².